The zero-order valence-corrected chi connectivity index (χ0v) is 17.5. The monoisotopic (exact) mass is 446 g/mol. The van der Waals surface area contributed by atoms with Crippen molar-refractivity contribution in [2.24, 2.45) is 5.92 Å². The number of methoxy groups -OCH3 is 1. The summed E-state index contributed by atoms with van der Waals surface area (Å²) in [5.41, 5.74) is 1.01. The van der Waals surface area contributed by atoms with E-state index >= 15 is 0 Å². The molecule has 7 nitrogen and oxygen atoms in total. The van der Waals surface area contributed by atoms with Crippen molar-refractivity contribution in [2.75, 3.05) is 13.7 Å². The van der Waals surface area contributed by atoms with Crippen molar-refractivity contribution in [3.63, 3.8) is 0 Å². The molecule has 0 spiro atoms. The average Bonchev–Trinajstić information content (AvgIpc) is 3.53. The molecule has 0 aromatic carbocycles. The molecule has 3 heterocycles. The van der Waals surface area contributed by atoms with E-state index in [0.29, 0.717) is 33.9 Å². The average molecular weight is 446 g/mol. The molecular weight excluding hydrogens is 425 g/mol. The summed E-state index contributed by atoms with van der Waals surface area (Å²) in [5, 5.41) is 0. The summed E-state index contributed by atoms with van der Waals surface area (Å²) in [6.45, 7) is 0.702. The maximum absolute atomic E-state index is 12.8. The molecule has 4 rings (SSSR count). The minimum Gasteiger partial charge on any atom is -0.495 e. The third-order valence-electron chi connectivity index (χ3n) is 5.25. The van der Waals surface area contributed by atoms with E-state index in [9.17, 15) is 18.0 Å². The molecule has 32 heavy (non-hydrogen) atoms. The third kappa shape index (κ3) is 5.06. The largest absolute Gasteiger partial charge is 0.495 e. The maximum Gasteiger partial charge on any atom is 0.406 e. The first-order valence-corrected chi connectivity index (χ1v) is 9.97. The van der Waals surface area contributed by atoms with Crippen LogP contribution in [0.3, 0.4) is 0 Å². The van der Waals surface area contributed by atoms with Crippen molar-refractivity contribution < 1.29 is 22.6 Å². The summed E-state index contributed by atoms with van der Waals surface area (Å²) in [6, 6.07) is 6.32. The van der Waals surface area contributed by atoms with Gasteiger partial charge in [0.25, 0.3) is 5.56 Å². The van der Waals surface area contributed by atoms with Crippen LogP contribution in [-0.2, 0) is 6.54 Å². The third-order valence-corrected chi connectivity index (χ3v) is 5.25. The summed E-state index contributed by atoms with van der Waals surface area (Å²) in [6.07, 6.45) is 0.716. The van der Waals surface area contributed by atoms with Gasteiger partial charge in [0.1, 0.15) is 18.1 Å². The van der Waals surface area contributed by atoms with Crippen molar-refractivity contribution in [1.29, 1.82) is 0 Å². The van der Waals surface area contributed by atoms with Gasteiger partial charge in [-0.25, -0.2) is 4.98 Å². The molecule has 2 atom stereocenters. The van der Waals surface area contributed by atoms with Crippen LogP contribution in [0, 0.1) is 12.8 Å². The fourth-order valence-corrected chi connectivity index (χ4v) is 3.48. The molecule has 0 radical (unpaired) electrons. The van der Waals surface area contributed by atoms with Crippen molar-refractivity contribution in [1.82, 2.24) is 19.5 Å². The highest BCUT2D eigenvalue weighted by Crippen LogP contribution is 2.47. The van der Waals surface area contributed by atoms with Crippen LogP contribution in [0.15, 0.2) is 47.7 Å². The molecule has 3 aromatic heterocycles. The molecule has 0 saturated heterocycles. The van der Waals surface area contributed by atoms with Gasteiger partial charge in [-0.3, -0.25) is 9.78 Å². The number of hydrogen-bond donors (Lipinski definition) is 0. The standard InChI is InChI=1S/C22H21F3N4O3/c1-13-26-9-18(14-3-6-20(30)29(10-14)12-22(23,24)25)21(28-13)32-11-15-7-17(15)19-5-4-16(31-2)8-27-19/h3-6,8-10,15,17H,7,11-12H2,1-2H3. The number of halogens is 3. The summed E-state index contributed by atoms with van der Waals surface area (Å²) < 4.78 is 50.1. The number of hydrogen-bond acceptors (Lipinski definition) is 6. The van der Waals surface area contributed by atoms with Crippen LogP contribution in [-0.4, -0.2) is 39.4 Å². The van der Waals surface area contributed by atoms with E-state index in [1.807, 2.05) is 12.1 Å². The van der Waals surface area contributed by atoms with Gasteiger partial charge in [-0.1, -0.05) is 0 Å². The Morgan fingerprint density at radius 1 is 1.16 bits per heavy atom. The number of nitrogens with zero attached hydrogens (tertiary/aromatic N) is 4. The van der Waals surface area contributed by atoms with Crippen LogP contribution in [0.2, 0.25) is 0 Å². The van der Waals surface area contributed by atoms with Gasteiger partial charge in [0, 0.05) is 41.6 Å². The Balaban J connectivity index is 1.51. The molecule has 10 heteroatoms. The molecule has 1 saturated carbocycles. The molecule has 1 aliphatic carbocycles. The highest BCUT2D eigenvalue weighted by molar-refractivity contribution is 5.66. The van der Waals surface area contributed by atoms with Crippen molar-refractivity contribution in [3.8, 4) is 22.8 Å². The summed E-state index contributed by atoms with van der Waals surface area (Å²) in [7, 11) is 1.58. The van der Waals surface area contributed by atoms with Gasteiger partial charge < -0.3 is 14.0 Å². The fraction of sp³-hybridized carbons (Fsp3) is 0.364. The number of alkyl halides is 3. The zero-order valence-electron chi connectivity index (χ0n) is 17.5. The predicted octanol–water partition coefficient (Wildman–Crippen LogP) is 3.76. The van der Waals surface area contributed by atoms with Crippen LogP contribution in [0.1, 0.15) is 23.9 Å². The van der Waals surface area contributed by atoms with Crippen LogP contribution >= 0.6 is 0 Å². The van der Waals surface area contributed by atoms with E-state index in [2.05, 4.69) is 15.0 Å². The lowest BCUT2D eigenvalue weighted by molar-refractivity contribution is -0.141. The fourth-order valence-electron chi connectivity index (χ4n) is 3.48. The molecule has 0 N–H and O–H groups in total. The topological polar surface area (TPSA) is 79.1 Å². The number of rotatable bonds is 7. The van der Waals surface area contributed by atoms with Crippen LogP contribution in [0.25, 0.3) is 11.1 Å². The van der Waals surface area contributed by atoms with Gasteiger partial charge >= 0.3 is 6.18 Å². The molecule has 168 valence electrons. The number of ether oxygens (including phenoxy) is 2. The molecular formula is C22H21F3N4O3. The quantitative estimate of drug-likeness (QED) is 0.550. The minimum absolute atomic E-state index is 0.248. The van der Waals surface area contributed by atoms with Crippen LogP contribution < -0.4 is 15.0 Å². The van der Waals surface area contributed by atoms with Crippen molar-refractivity contribution in [2.45, 2.75) is 32.0 Å². The van der Waals surface area contributed by atoms with E-state index in [1.54, 1.807) is 20.2 Å². The Morgan fingerprint density at radius 2 is 1.97 bits per heavy atom. The summed E-state index contributed by atoms with van der Waals surface area (Å²) in [4.78, 5) is 24.7. The van der Waals surface area contributed by atoms with E-state index in [1.165, 1.54) is 12.3 Å². The smallest absolute Gasteiger partial charge is 0.406 e. The SMILES string of the molecule is COc1ccc(C2CC2COc2nc(C)ncc2-c2ccc(=O)n(CC(F)(F)F)c2)nc1. The first-order chi connectivity index (χ1) is 15.2. The molecule has 1 fully saturated rings. The van der Waals surface area contributed by atoms with Gasteiger partial charge in [0.2, 0.25) is 5.88 Å². The first-order valence-electron chi connectivity index (χ1n) is 9.97. The summed E-state index contributed by atoms with van der Waals surface area (Å²) >= 11 is 0. The maximum atomic E-state index is 12.8. The Kier molecular flexibility index (Phi) is 5.86. The van der Waals surface area contributed by atoms with E-state index in [4.69, 9.17) is 9.47 Å². The Morgan fingerprint density at radius 3 is 2.66 bits per heavy atom. The van der Waals surface area contributed by atoms with Gasteiger partial charge in [-0.15, -0.1) is 0 Å². The van der Waals surface area contributed by atoms with E-state index in [-0.39, 0.29) is 17.7 Å². The zero-order chi connectivity index (χ0) is 22.9. The first kappa shape index (κ1) is 21.8. The van der Waals surface area contributed by atoms with Crippen molar-refractivity contribution >= 4 is 0 Å². The Hall–Kier alpha value is -3.43. The molecule has 0 amide bonds. The number of aromatic nitrogens is 4. The highest BCUT2D eigenvalue weighted by atomic mass is 19.4. The Labute approximate surface area is 181 Å². The predicted molar refractivity (Wildman–Crippen MR) is 110 cm³/mol. The highest BCUT2D eigenvalue weighted by Gasteiger charge is 2.40. The lowest BCUT2D eigenvalue weighted by Crippen LogP contribution is -2.27. The summed E-state index contributed by atoms with van der Waals surface area (Å²) in [5.74, 6) is 1.94. The number of pyridine rings is 2. The van der Waals surface area contributed by atoms with Gasteiger partial charge in [-0.05, 0) is 31.5 Å². The second kappa shape index (κ2) is 8.60. The van der Waals surface area contributed by atoms with E-state index in [0.717, 1.165) is 24.4 Å². The molecule has 0 aliphatic heterocycles. The van der Waals surface area contributed by atoms with Crippen LogP contribution in [0.5, 0.6) is 11.6 Å². The molecule has 2 unspecified atom stereocenters. The van der Waals surface area contributed by atoms with Crippen LogP contribution in [0.4, 0.5) is 13.2 Å². The Bertz CT molecular complexity index is 1160. The lowest BCUT2D eigenvalue weighted by atomic mass is 10.1. The molecule has 3 aromatic rings. The molecule has 0 bridgehead atoms. The van der Waals surface area contributed by atoms with Crippen molar-refractivity contribution in [3.05, 3.63) is 64.7 Å². The van der Waals surface area contributed by atoms with Gasteiger partial charge in [0.15, 0.2) is 0 Å². The lowest BCUT2D eigenvalue weighted by Gasteiger charge is -2.13. The normalized spacial score (nSPS) is 17.8. The number of aryl methyl sites for hydroxylation is 1. The second-order valence-corrected chi connectivity index (χ2v) is 7.67. The van der Waals surface area contributed by atoms with Gasteiger partial charge in [-0.2, -0.15) is 18.2 Å². The van der Waals surface area contributed by atoms with Gasteiger partial charge in [0.05, 0.1) is 25.5 Å². The van der Waals surface area contributed by atoms with E-state index < -0.39 is 18.3 Å². The minimum atomic E-state index is -4.51. The molecule has 1 aliphatic rings. The second-order valence-electron chi connectivity index (χ2n) is 7.67.